The molecule has 0 unspecified atom stereocenters. The fourth-order valence-corrected chi connectivity index (χ4v) is 7.63. The van der Waals surface area contributed by atoms with E-state index in [0.717, 1.165) is 12.6 Å². The minimum absolute atomic E-state index is 0.456. The molecule has 3 aromatic rings. The van der Waals surface area contributed by atoms with Crippen LogP contribution in [-0.2, 0) is 9.53 Å². The quantitative estimate of drug-likeness (QED) is 0.353. The summed E-state index contributed by atoms with van der Waals surface area (Å²) >= 11 is 0. The maximum absolute atomic E-state index is 10.5. The summed E-state index contributed by atoms with van der Waals surface area (Å²) in [5.41, 5.74) is 0. The predicted octanol–water partition coefficient (Wildman–Crippen LogP) is 3.54. The van der Waals surface area contributed by atoms with Gasteiger partial charge in [-0.2, -0.15) is 0 Å². The minimum atomic E-state index is -1.79. The highest BCUT2D eigenvalue weighted by atomic mass is 31.2. The average molecular weight is 349 g/mol. The smallest absolute Gasteiger partial charge is 0.293 e. The van der Waals surface area contributed by atoms with Gasteiger partial charge in [0, 0.05) is 6.42 Å². The van der Waals surface area contributed by atoms with Crippen LogP contribution in [0.15, 0.2) is 91.0 Å². The molecule has 2 nitrogen and oxygen atoms in total. The zero-order valence-electron chi connectivity index (χ0n) is 14.1. The molecular weight excluding hydrogens is 327 g/mol. The standard InChI is InChI=1S/C22H22O2P/c23-19-24-17-10-18-25(20-11-4-1-5-12-20,21-13-6-2-7-14-21)22-15-8-3-9-16-22/h1-9,11-16,19H,10,17-18H2/q+1. The maximum Gasteiger partial charge on any atom is 0.293 e. The monoisotopic (exact) mass is 349 g/mol. The topological polar surface area (TPSA) is 26.3 Å². The van der Waals surface area contributed by atoms with E-state index >= 15 is 0 Å². The van der Waals surface area contributed by atoms with Crippen molar-refractivity contribution < 1.29 is 9.53 Å². The van der Waals surface area contributed by atoms with Gasteiger partial charge < -0.3 is 4.74 Å². The van der Waals surface area contributed by atoms with Gasteiger partial charge in [0.15, 0.2) is 0 Å². The van der Waals surface area contributed by atoms with E-state index in [-0.39, 0.29) is 0 Å². The van der Waals surface area contributed by atoms with E-state index in [1.807, 2.05) is 0 Å². The first kappa shape index (κ1) is 17.4. The van der Waals surface area contributed by atoms with Gasteiger partial charge in [-0.3, -0.25) is 4.79 Å². The summed E-state index contributed by atoms with van der Waals surface area (Å²) < 4.78 is 4.97. The van der Waals surface area contributed by atoms with Gasteiger partial charge in [0.25, 0.3) is 6.47 Å². The van der Waals surface area contributed by atoms with E-state index < -0.39 is 7.26 Å². The summed E-state index contributed by atoms with van der Waals surface area (Å²) in [6.45, 7) is 0.991. The Morgan fingerprint density at radius 3 is 1.44 bits per heavy atom. The van der Waals surface area contributed by atoms with Crippen LogP contribution in [0.2, 0.25) is 0 Å². The first-order chi connectivity index (χ1) is 12.4. The Hall–Kier alpha value is -2.44. The van der Waals surface area contributed by atoms with Gasteiger partial charge in [-0.05, 0) is 36.4 Å². The van der Waals surface area contributed by atoms with E-state index in [2.05, 4.69) is 91.0 Å². The lowest BCUT2D eigenvalue weighted by atomic mass is 10.4. The molecule has 0 radical (unpaired) electrons. The second kappa shape index (κ2) is 8.60. The van der Waals surface area contributed by atoms with Crippen molar-refractivity contribution in [2.45, 2.75) is 6.42 Å². The van der Waals surface area contributed by atoms with Crippen molar-refractivity contribution in [1.82, 2.24) is 0 Å². The van der Waals surface area contributed by atoms with Gasteiger partial charge in [0.2, 0.25) is 0 Å². The molecule has 0 aliphatic heterocycles. The SMILES string of the molecule is O=COCCC[P+](c1ccccc1)(c1ccccc1)c1ccccc1. The molecule has 126 valence electrons. The fraction of sp³-hybridized carbons (Fsp3) is 0.136. The number of hydrogen-bond acceptors (Lipinski definition) is 2. The Labute approximate surface area is 149 Å². The number of rotatable bonds is 8. The number of ether oxygens (including phenoxy) is 1. The van der Waals surface area contributed by atoms with Crippen molar-refractivity contribution in [1.29, 1.82) is 0 Å². The lowest BCUT2D eigenvalue weighted by Gasteiger charge is -2.27. The predicted molar refractivity (Wildman–Crippen MR) is 107 cm³/mol. The largest absolute Gasteiger partial charge is 0.468 e. The summed E-state index contributed by atoms with van der Waals surface area (Å²) in [5.74, 6) is 0. The molecule has 0 saturated heterocycles. The number of carbonyl (C=O) groups excluding carboxylic acids is 1. The van der Waals surface area contributed by atoms with E-state index in [1.165, 1.54) is 15.9 Å². The van der Waals surface area contributed by atoms with Crippen molar-refractivity contribution in [2.24, 2.45) is 0 Å². The van der Waals surface area contributed by atoms with Gasteiger partial charge in [-0.25, -0.2) is 0 Å². The van der Waals surface area contributed by atoms with Crippen molar-refractivity contribution in [3.63, 3.8) is 0 Å². The Morgan fingerprint density at radius 1 is 0.680 bits per heavy atom. The molecule has 25 heavy (non-hydrogen) atoms. The molecule has 0 N–H and O–H groups in total. The molecule has 0 aliphatic carbocycles. The Balaban J connectivity index is 2.15. The van der Waals surface area contributed by atoms with E-state index in [9.17, 15) is 4.79 Å². The van der Waals surface area contributed by atoms with Crippen LogP contribution >= 0.6 is 7.26 Å². The molecule has 0 fully saturated rings. The van der Waals surface area contributed by atoms with E-state index in [4.69, 9.17) is 4.74 Å². The third-order valence-corrected chi connectivity index (χ3v) is 8.94. The van der Waals surface area contributed by atoms with Crippen LogP contribution < -0.4 is 15.9 Å². The molecule has 0 amide bonds. The maximum atomic E-state index is 10.5. The summed E-state index contributed by atoms with van der Waals surface area (Å²) in [5, 5.41) is 4.08. The second-order valence-corrected chi connectivity index (χ2v) is 9.48. The number of benzene rings is 3. The lowest BCUT2D eigenvalue weighted by Crippen LogP contribution is -2.33. The summed E-state index contributed by atoms with van der Waals surface area (Å²) in [7, 11) is -1.79. The van der Waals surface area contributed by atoms with Gasteiger partial charge in [0.1, 0.15) is 23.2 Å². The summed E-state index contributed by atoms with van der Waals surface area (Å²) in [4.78, 5) is 10.5. The first-order valence-corrected chi connectivity index (χ1v) is 10.5. The lowest BCUT2D eigenvalue weighted by molar-refractivity contribution is -0.128. The third kappa shape index (κ3) is 3.81. The second-order valence-electron chi connectivity index (χ2n) is 5.86. The van der Waals surface area contributed by atoms with E-state index in [0.29, 0.717) is 13.1 Å². The highest BCUT2D eigenvalue weighted by molar-refractivity contribution is 7.95. The number of carbonyl (C=O) groups is 1. The van der Waals surface area contributed by atoms with E-state index in [1.54, 1.807) is 0 Å². The van der Waals surface area contributed by atoms with Crippen LogP contribution in [0, 0.1) is 0 Å². The van der Waals surface area contributed by atoms with Gasteiger partial charge in [-0.1, -0.05) is 54.6 Å². The molecule has 0 saturated carbocycles. The molecule has 0 heterocycles. The zero-order chi connectivity index (χ0) is 17.4. The van der Waals surface area contributed by atoms with Crippen molar-refractivity contribution >= 4 is 29.6 Å². The third-order valence-electron chi connectivity index (χ3n) is 4.41. The molecule has 0 atom stereocenters. The molecule has 0 spiro atoms. The summed E-state index contributed by atoms with van der Waals surface area (Å²) in [6, 6.07) is 32.2. The van der Waals surface area contributed by atoms with Gasteiger partial charge in [0.05, 0.1) is 12.8 Å². The highest BCUT2D eigenvalue weighted by Gasteiger charge is 2.44. The molecule has 0 aromatic heterocycles. The van der Waals surface area contributed by atoms with Crippen molar-refractivity contribution in [3.8, 4) is 0 Å². The normalized spacial score (nSPS) is 11.0. The molecule has 3 rings (SSSR count). The Morgan fingerprint density at radius 2 is 1.08 bits per heavy atom. The van der Waals surface area contributed by atoms with Crippen molar-refractivity contribution in [2.75, 3.05) is 12.8 Å². The molecule has 3 heteroatoms. The molecule has 3 aromatic carbocycles. The van der Waals surface area contributed by atoms with Gasteiger partial charge >= 0.3 is 0 Å². The van der Waals surface area contributed by atoms with Crippen molar-refractivity contribution in [3.05, 3.63) is 91.0 Å². The highest BCUT2D eigenvalue weighted by Crippen LogP contribution is 2.55. The molecule has 0 bridgehead atoms. The minimum Gasteiger partial charge on any atom is -0.468 e. The molecular formula is C22H22O2P+. The van der Waals surface area contributed by atoms with Crippen LogP contribution in [0.5, 0.6) is 0 Å². The fourth-order valence-electron chi connectivity index (χ4n) is 3.32. The summed E-state index contributed by atoms with van der Waals surface area (Å²) in [6.07, 6.45) is 1.81. The van der Waals surface area contributed by atoms with Crippen LogP contribution in [0.3, 0.4) is 0 Å². The Kier molecular flexibility index (Phi) is 5.98. The van der Waals surface area contributed by atoms with Crippen LogP contribution in [-0.4, -0.2) is 19.2 Å². The Bertz CT molecular complexity index is 676. The number of hydrogen-bond donors (Lipinski definition) is 0. The van der Waals surface area contributed by atoms with Crippen LogP contribution in [0.25, 0.3) is 0 Å². The van der Waals surface area contributed by atoms with Crippen LogP contribution in [0.1, 0.15) is 6.42 Å². The van der Waals surface area contributed by atoms with Crippen LogP contribution in [0.4, 0.5) is 0 Å². The first-order valence-electron chi connectivity index (χ1n) is 8.48. The zero-order valence-corrected chi connectivity index (χ0v) is 15.0. The average Bonchev–Trinajstić information content (AvgIpc) is 2.70. The molecule has 0 aliphatic rings. The van der Waals surface area contributed by atoms with Gasteiger partial charge in [-0.15, -0.1) is 0 Å².